The summed E-state index contributed by atoms with van der Waals surface area (Å²) in [6.45, 7) is 12.7. The molecule has 102 valence electrons. The molecule has 0 amide bonds. The average Bonchev–Trinajstić information content (AvgIpc) is 2.19. The highest BCUT2D eigenvalue weighted by atomic mass is 79.9. The van der Waals surface area contributed by atoms with E-state index in [1.165, 1.54) is 5.56 Å². The van der Waals surface area contributed by atoms with Gasteiger partial charge in [0.15, 0.2) is 0 Å². The van der Waals surface area contributed by atoms with Gasteiger partial charge in [0.1, 0.15) is 5.82 Å². The van der Waals surface area contributed by atoms with E-state index in [4.69, 9.17) is 0 Å². The van der Waals surface area contributed by atoms with Crippen molar-refractivity contribution in [1.29, 1.82) is 0 Å². The van der Waals surface area contributed by atoms with Gasteiger partial charge in [0.25, 0.3) is 0 Å². The van der Waals surface area contributed by atoms with Crippen molar-refractivity contribution in [3.8, 4) is 0 Å². The fraction of sp³-hybridized carbons (Fsp3) is 0.643. The van der Waals surface area contributed by atoms with Gasteiger partial charge in [-0.15, -0.1) is 0 Å². The smallest absolute Gasteiger partial charge is 0.130 e. The summed E-state index contributed by atoms with van der Waals surface area (Å²) in [6.07, 6.45) is 1.83. The molecule has 18 heavy (non-hydrogen) atoms. The van der Waals surface area contributed by atoms with Crippen molar-refractivity contribution in [3.05, 3.63) is 22.3 Å². The van der Waals surface area contributed by atoms with Crippen LogP contribution in [-0.4, -0.2) is 17.1 Å². The summed E-state index contributed by atoms with van der Waals surface area (Å²) < 4.78 is 1.02. The number of nitrogens with zero attached hydrogens (tertiary/aromatic N) is 1. The molecule has 0 spiro atoms. The molecule has 1 heterocycles. The van der Waals surface area contributed by atoms with E-state index < -0.39 is 0 Å². The zero-order valence-corrected chi connectivity index (χ0v) is 13.6. The van der Waals surface area contributed by atoms with Gasteiger partial charge in [-0.3, -0.25) is 0 Å². The first-order valence-corrected chi connectivity index (χ1v) is 7.20. The molecule has 0 aliphatic rings. The second-order valence-electron chi connectivity index (χ2n) is 6.06. The van der Waals surface area contributed by atoms with E-state index in [0.717, 1.165) is 23.4 Å². The Morgan fingerprint density at radius 3 is 2.56 bits per heavy atom. The molecule has 0 aromatic carbocycles. The van der Waals surface area contributed by atoms with Crippen LogP contribution in [0.3, 0.4) is 0 Å². The van der Waals surface area contributed by atoms with E-state index in [2.05, 4.69) is 72.2 Å². The highest BCUT2D eigenvalue weighted by Gasteiger charge is 2.13. The summed E-state index contributed by atoms with van der Waals surface area (Å²) in [7, 11) is 0. The van der Waals surface area contributed by atoms with Crippen LogP contribution >= 0.6 is 15.9 Å². The first kappa shape index (κ1) is 15.4. The first-order chi connectivity index (χ1) is 8.28. The molecular formula is C14H24BrN3. The molecule has 3 nitrogen and oxygen atoms in total. The van der Waals surface area contributed by atoms with Gasteiger partial charge in [-0.25, -0.2) is 4.98 Å². The topological polar surface area (TPSA) is 37.0 Å². The van der Waals surface area contributed by atoms with Gasteiger partial charge in [0.2, 0.25) is 0 Å². The molecule has 1 aromatic heterocycles. The molecule has 0 saturated carbocycles. The summed E-state index contributed by atoms with van der Waals surface area (Å²) >= 11 is 3.48. The number of hydrogen-bond acceptors (Lipinski definition) is 3. The average molecular weight is 314 g/mol. The monoisotopic (exact) mass is 313 g/mol. The lowest BCUT2D eigenvalue weighted by atomic mass is 10.1. The van der Waals surface area contributed by atoms with Gasteiger partial charge in [0, 0.05) is 28.3 Å². The minimum absolute atomic E-state index is 0.0215. The van der Waals surface area contributed by atoms with Gasteiger partial charge in [0.05, 0.1) is 0 Å². The van der Waals surface area contributed by atoms with Crippen LogP contribution in [-0.2, 0) is 6.54 Å². The third-order valence-electron chi connectivity index (χ3n) is 2.29. The van der Waals surface area contributed by atoms with Crippen LogP contribution in [0.1, 0.15) is 40.2 Å². The van der Waals surface area contributed by atoms with E-state index in [1.807, 2.05) is 6.20 Å². The Labute approximate surface area is 119 Å². The van der Waals surface area contributed by atoms with Crippen LogP contribution in [0.5, 0.6) is 0 Å². The van der Waals surface area contributed by atoms with Gasteiger partial charge in [-0.05, 0) is 55.2 Å². The number of anilines is 1. The predicted octanol–water partition coefficient (Wildman–Crippen LogP) is 3.80. The Morgan fingerprint density at radius 1 is 1.33 bits per heavy atom. The minimum atomic E-state index is 0.0215. The Bertz CT molecular complexity index is 383. The summed E-state index contributed by atoms with van der Waals surface area (Å²) in [5.41, 5.74) is 1.22. The summed E-state index contributed by atoms with van der Waals surface area (Å²) in [5.74, 6) is 1.62. The van der Waals surface area contributed by atoms with E-state index in [-0.39, 0.29) is 5.54 Å². The van der Waals surface area contributed by atoms with Crippen molar-refractivity contribution in [2.24, 2.45) is 5.92 Å². The van der Waals surface area contributed by atoms with Gasteiger partial charge >= 0.3 is 0 Å². The van der Waals surface area contributed by atoms with Gasteiger partial charge < -0.3 is 10.6 Å². The fourth-order valence-corrected chi connectivity index (χ4v) is 1.96. The van der Waals surface area contributed by atoms with E-state index in [0.29, 0.717) is 5.92 Å². The lowest BCUT2D eigenvalue weighted by Gasteiger charge is -2.23. The maximum absolute atomic E-state index is 4.46. The molecule has 0 atom stereocenters. The number of aromatic nitrogens is 1. The van der Waals surface area contributed by atoms with Gasteiger partial charge in [-0.1, -0.05) is 13.8 Å². The van der Waals surface area contributed by atoms with E-state index in [1.54, 1.807) is 0 Å². The Kier molecular flexibility index (Phi) is 5.60. The Morgan fingerprint density at radius 2 is 2.00 bits per heavy atom. The molecule has 0 aliphatic heterocycles. The van der Waals surface area contributed by atoms with Crippen molar-refractivity contribution in [1.82, 2.24) is 10.3 Å². The van der Waals surface area contributed by atoms with Crippen molar-refractivity contribution >= 4 is 21.7 Å². The molecule has 0 radical (unpaired) electrons. The molecule has 2 N–H and O–H groups in total. The molecule has 0 unspecified atom stereocenters. The number of pyridine rings is 1. The standard InChI is InChI=1S/C14H24BrN3/c1-10(2)7-16-8-11-6-12(15)9-17-13(11)18-14(3,4)5/h6,9-10,16H,7-8H2,1-5H3,(H,17,18). The van der Waals surface area contributed by atoms with Crippen LogP contribution in [0, 0.1) is 5.92 Å². The lowest BCUT2D eigenvalue weighted by molar-refractivity contribution is 0.550. The summed E-state index contributed by atoms with van der Waals surface area (Å²) in [5, 5.41) is 6.90. The molecule has 1 rings (SSSR count). The third kappa shape index (κ3) is 5.83. The van der Waals surface area contributed by atoms with Crippen molar-refractivity contribution in [2.75, 3.05) is 11.9 Å². The molecular weight excluding hydrogens is 290 g/mol. The molecule has 0 aliphatic carbocycles. The van der Waals surface area contributed by atoms with Crippen LogP contribution < -0.4 is 10.6 Å². The number of nitrogens with one attached hydrogen (secondary N) is 2. The molecule has 0 saturated heterocycles. The maximum Gasteiger partial charge on any atom is 0.130 e. The SMILES string of the molecule is CC(C)CNCc1cc(Br)cnc1NC(C)(C)C. The van der Waals surface area contributed by atoms with Crippen LogP contribution in [0.25, 0.3) is 0 Å². The maximum atomic E-state index is 4.46. The van der Waals surface area contributed by atoms with Crippen molar-refractivity contribution in [3.63, 3.8) is 0 Å². The van der Waals surface area contributed by atoms with E-state index >= 15 is 0 Å². The Hall–Kier alpha value is -0.610. The predicted molar refractivity (Wildman–Crippen MR) is 81.9 cm³/mol. The molecule has 0 fully saturated rings. The van der Waals surface area contributed by atoms with Crippen LogP contribution in [0.15, 0.2) is 16.7 Å². The van der Waals surface area contributed by atoms with Crippen molar-refractivity contribution < 1.29 is 0 Å². The first-order valence-electron chi connectivity index (χ1n) is 6.41. The quantitative estimate of drug-likeness (QED) is 0.868. The van der Waals surface area contributed by atoms with Crippen LogP contribution in [0.2, 0.25) is 0 Å². The Balaban J connectivity index is 2.77. The highest BCUT2D eigenvalue weighted by molar-refractivity contribution is 9.10. The molecule has 1 aromatic rings. The largest absolute Gasteiger partial charge is 0.365 e. The number of hydrogen-bond donors (Lipinski definition) is 2. The third-order valence-corrected chi connectivity index (χ3v) is 2.73. The second kappa shape index (κ2) is 6.53. The van der Waals surface area contributed by atoms with Crippen molar-refractivity contribution in [2.45, 2.75) is 46.7 Å². The number of halogens is 1. The number of rotatable bonds is 5. The minimum Gasteiger partial charge on any atom is -0.365 e. The van der Waals surface area contributed by atoms with E-state index in [9.17, 15) is 0 Å². The van der Waals surface area contributed by atoms with Crippen LogP contribution in [0.4, 0.5) is 5.82 Å². The zero-order valence-electron chi connectivity index (χ0n) is 12.0. The summed E-state index contributed by atoms with van der Waals surface area (Å²) in [6, 6.07) is 2.12. The van der Waals surface area contributed by atoms with Gasteiger partial charge in [-0.2, -0.15) is 0 Å². The fourth-order valence-electron chi connectivity index (χ4n) is 1.58. The highest BCUT2D eigenvalue weighted by Crippen LogP contribution is 2.21. The zero-order chi connectivity index (χ0) is 13.8. The second-order valence-corrected chi connectivity index (χ2v) is 6.98. The molecule has 0 bridgehead atoms. The normalized spacial score (nSPS) is 11.9. The lowest BCUT2D eigenvalue weighted by Crippen LogP contribution is -2.28. The summed E-state index contributed by atoms with van der Waals surface area (Å²) in [4.78, 5) is 4.46. The molecule has 4 heteroatoms.